The van der Waals surface area contributed by atoms with Crippen LogP contribution in [0.25, 0.3) is 0 Å². The van der Waals surface area contributed by atoms with Crippen molar-refractivity contribution in [1.82, 2.24) is 5.32 Å². The lowest BCUT2D eigenvalue weighted by atomic mass is 10.1. The number of nitrogens with two attached hydrogens (primary N) is 1. The number of hydrogen-bond donors (Lipinski definition) is 2. The maximum atomic E-state index is 6.08. The number of methoxy groups -OCH3 is 1. The molecular formula is C14H23ClIN3O. The second-order valence-corrected chi connectivity index (χ2v) is 4.87. The number of nitrogens with zero attached hydrogens (tertiary/aromatic N) is 1. The van der Waals surface area contributed by atoms with E-state index < -0.39 is 0 Å². The number of rotatable bonds is 7. The van der Waals surface area contributed by atoms with Gasteiger partial charge in [0, 0.05) is 24.7 Å². The molecule has 3 N–H and O–H groups in total. The van der Waals surface area contributed by atoms with Gasteiger partial charge >= 0.3 is 0 Å². The van der Waals surface area contributed by atoms with E-state index in [1.54, 1.807) is 7.11 Å². The average Bonchev–Trinajstić information content (AvgIpc) is 2.36. The van der Waals surface area contributed by atoms with Crippen LogP contribution in [0, 0.1) is 0 Å². The summed E-state index contributed by atoms with van der Waals surface area (Å²) in [7, 11) is 1.66. The summed E-state index contributed by atoms with van der Waals surface area (Å²) in [5.74, 6) is 0.462. The number of hydrogen-bond acceptors (Lipinski definition) is 2. The highest BCUT2D eigenvalue weighted by molar-refractivity contribution is 14.0. The fourth-order valence-corrected chi connectivity index (χ4v) is 1.99. The lowest BCUT2D eigenvalue weighted by Crippen LogP contribution is -2.40. The van der Waals surface area contributed by atoms with Gasteiger partial charge in [-0.15, -0.1) is 24.0 Å². The van der Waals surface area contributed by atoms with Crippen LogP contribution in [-0.4, -0.2) is 32.3 Å². The van der Waals surface area contributed by atoms with Crippen molar-refractivity contribution >= 4 is 41.5 Å². The molecule has 1 aromatic carbocycles. The van der Waals surface area contributed by atoms with Crippen molar-refractivity contribution in [2.45, 2.75) is 25.8 Å². The van der Waals surface area contributed by atoms with Gasteiger partial charge in [-0.05, 0) is 31.4 Å². The van der Waals surface area contributed by atoms with Crippen LogP contribution >= 0.6 is 35.6 Å². The SMILES string of the molecule is COCC(C)NC(N)=NCCCc1ccccc1Cl.I. The first kappa shape index (κ1) is 19.5. The smallest absolute Gasteiger partial charge is 0.188 e. The molecule has 0 spiro atoms. The Morgan fingerprint density at radius 3 is 2.80 bits per heavy atom. The molecule has 0 radical (unpaired) electrons. The Labute approximate surface area is 143 Å². The summed E-state index contributed by atoms with van der Waals surface area (Å²) in [5, 5.41) is 3.88. The summed E-state index contributed by atoms with van der Waals surface area (Å²) in [6.45, 7) is 3.29. The Kier molecular flexibility index (Phi) is 10.9. The van der Waals surface area contributed by atoms with Gasteiger partial charge in [-0.1, -0.05) is 29.8 Å². The number of aliphatic imine (C=N–C) groups is 1. The van der Waals surface area contributed by atoms with Crippen LogP contribution in [-0.2, 0) is 11.2 Å². The maximum absolute atomic E-state index is 6.08. The molecule has 0 aliphatic carbocycles. The van der Waals surface area contributed by atoms with Gasteiger partial charge in [0.05, 0.1) is 6.61 Å². The Balaban J connectivity index is 0.00000361. The zero-order valence-electron chi connectivity index (χ0n) is 11.9. The van der Waals surface area contributed by atoms with Gasteiger partial charge in [0.2, 0.25) is 0 Å². The minimum Gasteiger partial charge on any atom is -0.383 e. The number of ether oxygens (including phenoxy) is 1. The summed E-state index contributed by atoms with van der Waals surface area (Å²) in [4.78, 5) is 4.28. The van der Waals surface area contributed by atoms with E-state index in [9.17, 15) is 0 Å². The minimum atomic E-state index is 0. The fourth-order valence-electron chi connectivity index (χ4n) is 1.76. The molecule has 0 aliphatic heterocycles. The summed E-state index contributed by atoms with van der Waals surface area (Å²) in [6, 6.07) is 8.03. The van der Waals surface area contributed by atoms with Crippen molar-refractivity contribution in [3.63, 3.8) is 0 Å². The van der Waals surface area contributed by atoms with Crippen LogP contribution < -0.4 is 11.1 Å². The van der Waals surface area contributed by atoms with Crippen LogP contribution in [0.15, 0.2) is 29.3 Å². The highest BCUT2D eigenvalue weighted by Crippen LogP contribution is 2.16. The van der Waals surface area contributed by atoms with Gasteiger partial charge in [0.25, 0.3) is 0 Å². The van der Waals surface area contributed by atoms with Crippen LogP contribution in [0.1, 0.15) is 18.9 Å². The second kappa shape index (κ2) is 11.2. The second-order valence-electron chi connectivity index (χ2n) is 4.46. The van der Waals surface area contributed by atoms with E-state index in [2.05, 4.69) is 10.3 Å². The van der Waals surface area contributed by atoms with Crippen molar-refractivity contribution in [1.29, 1.82) is 0 Å². The molecule has 1 rings (SSSR count). The molecular weight excluding hydrogens is 389 g/mol. The Bertz CT molecular complexity index is 415. The third kappa shape index (κ3) is 7.91. The van der Waals surface area contributed by atoms with Crippen molar-refractivity contribution in [2.75, 3.05) is 20.3 Å². The minimum absolute atomic E-state index is 0. The molecule has 114 valence electrons. The lowest BCUT2D eigenvalue weighted by Gasteiger charge is -2.13. The summed E-state index contributed by atoms with van der Waals surface area (Å²) < 4.78 is 5.01. The topological polar surface area (TPSA) is 59.6 Å². The number of benzene rings is 1. The van der Waals surface area contributed by atoms with E-state index >= 15 is 0 Å². The maximum Gasteiger partial charge on any atom is 0.188 e. The predicted octanol–water partition coefficient (Wildman–Crippen LogP) is 2.83. The average molecular weight is 412 g/mol. The first-order chi connectivity index (χ1) is 9.13. The lowest BCUT2D eigenvalue weighted by molar-refractivity contribution is 0.179. The normalized spacial score (nSPS) is 12.7. The molecule has 0 aromatic heterocycles. The fraction of sp³-hybridized carbons (Fsp3) is 0.500. The molecule has 0 amide bonds. The Morgan fingerprint density at radius 1 is 1.45 bits per heavy atom. The zero-order valence-corrected chi connectivity index (χ0v) is 15.0. The summed E-state index contributed by atoms with van der Waals surface area (Å²) in [5.41, 5.74) is 6.92. The van der Waals surface area contributed by atoms with Gasteiger partial charge in [-0.25, -0.2) is 0 Å². The van der Waals surface area contributed by atoms with Gasteiger partial charge in [0.15, 0.2) is 5.96 Å². The highest BCUT2D eigenvalue weighted by Gasteiger charge is 2.01. The van der Waals surface area contributed by atoms with Crippen LogP contribution in [0.4, 0.5) is 0 Å². The van der Waals surface area contributed by atoms with E-state index in [1.807, 2.05) is 31.2 Å². The first-order valence-electron chi connectivity index (χ1n) is 6.42. The summed E-state index contributed by atoms with van der Waals surface area (Å²) >= 11 is 6.08. The van der Waals surface area contributed by atoms with Crippen molar-refractivity contribution in [2.24, 2.45) is 10.7 Å². The van der Waals surface area contributed by atoms with Crippen LogP contribution in [0.2, 0.25) is 5.02 Å². The third-order valence-electron chi connectivity index (χ3n) is 2.66. The quantitative estimate of drug-likeness (QED) is 0.314. The standard InChI is InChI=1S/C14H22ClN3O.HI/c1-11(10-19-2)18-14(16)17-9-5-7-12-6-3-4-8-13(12)15;/h3-4,6,8,11H,5,7,9-10H2,1-2H3,(H3,16,17,18);1H. The molecule has 4 nitrogen and oxygen atoms in total. The molecule has 0 heterocycles. The van der Waals surface area contributed by atoms with Gasteiger partial charge < -0.3 is 15.8 Å². The summed E-state index contributed by atoms with van der Waals surface area (Å²) in [6.07, 6.45) is 1.83. The largest absolute Gasteiger partial charge is 0.383 e. The van der Waals surface area contributed by atoms with Crippen molar-refractivity contribution in [3.8, 4) is 0 Å². The van der Waals surface area contributed by atoms with E-state index in [-0.39, 0.29) is 30.0 Å². The Morgan fingerprint density at radius 2 is 2.15 bits per heavy atom. The Hall–Kier alpha value is -0.530. The monoisotopic (exact) mass is 411 g/mol. The van der Waals surface area contributed by atoms with Gasteiger partial charge in [-0.2, -0.15) is 0 Å². The molecule has 0 bridgehead atoms. The van der Waals surface area contributed by atoms with E-state index in [1.165, 1.54) is 0 Å². The first-order valence-corrected chi connectivity index (χ1v) is 6.80. The predicted molar refractivity (Wildman–Crippen MR) is 96.2 cm³/mol. The molecule has 0 aliphatic rings. The molecule has 1 atom stereocenters. The van der Waals surface area contributed by atoms with Gasteiger partial charge in [0.1, 0.15) is 0 Å². The number of guanidine groups is 1. The van der Waals surface area contributed by atoms with Crippen LogP contribution in [0.5, 0.6) is 0 Å². The third-order valence-corrected chi connectivity index (χ3v) is 3.02. The van der Waals surface area contributed by atoms with Crippen molar-refractivity contribution in [3.05, 3.63) is 34.9 Å². The number of halogens is 2. The molecule has 0 saturated carbocycles. The number of nitrogens with one attached hydrogen (secondary N) is 1. The highest BCUT2D eigenvalue weighted by atomic mass is 127. The molecule has 1 unspecified atom stereocenters. The molecule has 6 heteroatoms. The molecule has 0 fully saturated rings. The van der Waals surface area contributed by atoms with E-state index in [4.69, 9.17) is 22.1 Å². The van der Waals surface area contributed by atoms with E-state index in [0.717, 1.165) is 23.4 Å². The van der Waals surface area contributed by atoms with Crippen molar-refractivity contribution < 1.29 is 4.74 Å². The van der Waals surface area contributed by atoms with Gasteiger partial charge in [-0.3, -0.25) is 4.99 Å². The van der Waals surface area contributed by atoms with Crippen LogP contribution in [0.3, 0.4) is 0 Å². The number of aryl methyl sites for hydroxylation is 1. The zero-order chi connectivity index (χ0) is 14.1. The van der Waals surface area contributed by atoms with E-state index in [0.29, 0.717) is 19.1 Å². The molecule has 1 aromatic rings. The molecule has 20 heavy (non-hydrogen) atoms. The molecule has 0 saturated heterocycles.